The summed E-state index contributed by atoms with van der Waals surface area (Å²) in [6, 6.07) is 8.56. The molecule has 9 heteroatoms. The van der Waals surface area contributed by atoms with Crippen molar-refractivity contribution in [2.24, 2.45) is 0 Å². The van der Waals surface area contributed by atoms with E-state index in [4.69, 9.17) is 9.47 Å². The van der Waals surface area contributed by atoms with Crippen molar-refractivity contribution in [3.63, 3.8) is 0 Å². The standard InChI is InChI=1S/C24H31N3O5S/c1-23(2,3)31-21(29)19-20(28)18-17(14-27(19)22(30)32-24(4,5)6)26(15-25-18)12-13-33-16-10-8-7-9-11-16/h7-11,15,19H,12-14H2,1-6H3. The summed E-state index contributed by atoms with van der Waals surface area (Å²) >= 11 is 1.68. The largest absolute Gasteiger partial charge is 0.458 e. The van der Waals surface area contributed by atoms with E-state index >= 15 is 0 Å². The monoisotopic (exact) mass is 473 g/mol. The topological polar surface area (TPSA) is 90.7 Å². The fraction of sp³-hybridized carbons (Fsp3) is 0.500. The first-order valence-electron chi connectivity index (χ1n) is 10.8. The summed E-state index contributed by atoms with van der Waals surface area (Å²) in [7, 11) is 0. The Balaban J connectivity index is 1.85. The van der Waals surface area contributed by atoms with Crippen LogP contribution in [0.1, 0.15) is 57.7 Å². The number of hydrogen-bond donors (Lipinski definition) is 0. The van der Waals surface area contributed by atoms with Crippen LogP contribution in [0.25, 0.3) is 0 Å². The molecule has 1 unspecified atom stereocenters. The highest BCUT2D eigenvalue weighted by Gasteiger charge is 2.46. The maximum Gasteiger partial charge on any atom is 0.411 e. The SMILES string of the molecule is CC(C)(C)OC(=O)C1C(=O)c2ncn(CCSc3ccccc3)c2CN1C(=O)OC(C)(C)C. The van der Waals surface area contributed by atoms with Gasteiger partial charge in [0.2, 0.25) is 5.78 Å². The molecule has 0 fully saturated rings. The molecule has 8 nitrogen and oxygen atoms in total. The maximum atomic E-state index is 13.3. The van der Waals surface area contributed by atoms with Crippen molar-refractivity contribution in [2.45, 2.75) is 76.8 Å². The quantitative estimate of drug-likeness (QED) is 0.363. The molecule has 0 saturated heterocycles. The molecule has 1 atom stereocenters. The lowest BCUT2D eigenvalue weighted by Gasteiger charge is -2.35. The lowest BCUT2D eigenvalue weighted by Crippen LogP contribution is -2.55. The number of Topliss-reactive ketones (excluding diaryl/α,β-unsaturated/α-hetero) is 1. The van der Waals surface area contributed by atoms with Gasteiger partial charge in [-0.1, -0.05) is 18.2 Å². The molecule has 0 radical (unpaired) electrons. The second-order valence-electron chi connectivity index (χ2n) is 9.80. The van der Waals surface area contributed by atoms with Crippen LogP contribution in [0.4, 0.5) is 4.79 Å². The summed E-state index contributed by atoms with van der Waals surface area (Å²) in [6.07, 6.45) is 0.836. The van der Waals surface area contributed by atoms with Gasteiger partial charge in [0.05, 0.1) is 18.6 Å². The molecule has 33 heavy (non-hydrogen) atoms. The molecule has 0 bridgehead atoms. The number of aryl methyl sites for hydroxylation is 1. The number of ketones is 1. The van der Waals surface area contributed by atoms with Gasteiger partial charge in [-0.05, 0) is 53.7 Å². The van der Waals surface area contributed by atoms with Gasteiger partial charge in [-0.3, -0.25) is 9.69 Å². The number of imidazole rings is 1. The molecule has 1 aromatic heterocycles. The molecular formula is C24H31N3O5S. The van der Waals surface area contributed by atoms with Crippen LogP contribution in [-0.2, 0) is 27.4 Å². The highest BCUT2D eigenvalue weighted by molar-refractivity contribution is 7.99. The van der Waals surface area contributed by atoms with E-state index in [0.29, 0.717) is 12.2 Å². The van der Waals surface area contributed by atoms with Crippen molar-refractivity contribution >= 4 is 29.6 Å². The number of thioether (sulfide) groups is 1. The van der Waals surface area contributed by atoms with Crippen LogP contribution in [0, 0.1) is 0 Å². The molecule has 1 amide bonds. The van der Waals surface area contributed by atoms with Crippen molar-refractivity contribution < 1.29 is 23.9 Å². The molecule has 178 valence electrons. The maximum absolute atomic E-state index is 13.3. The summed E-state index contributed by atoms with van der Waals surface area (Å²) in [5, 5.41) is 0. The minimum atomic E-state index is -1.44. The third-order valence-electron chi connectivity index (χ3n) is 4.66. The van der Waals surface area contributed by atoms with Crippen molar-refractivity contribution in [3.8, 4) is 0 Å². The van der Waals surface area contributed by atoms with Gasteiger partial charge >= 0.3 is 12.1 Å². The molecule has 3 rings (SSSR count). The Kier molecular flexibility index (Phi) is 7.21. The smallest absolute Gasteiger partial charge is 0.411 e. The Morgan fingerprint density at radius 1 is 1.06 bits per heavy atom. The molecule has 2 heterocycles. The average molecular weight is 474 g/mol. The van der Waals surface area contributed by atoms with Gasteiger partial charge in [0.25, 0.3) is 0 Å². The number of benzene rings is 1. The number of carbonyl (C=O) groups is 3. The zero-order chi connectivity index (χ0) is 24.4. The molecule has 0 aliphatic carbocycles. The van der Waals surface area contributed by atoms with Crippen LogP contribution < -0.4 is 0 Å². The minimum absolute atomic E-state index is 0.0237. The van der Waals surface area contributed by atoms with Crippen molar-refractivity contribution in [2.75, 3.05) is 5.75 Å². The first-order chi connectivity index (χ1) is 15.4. The number of nitrogens with zero attached hydrogens (tertiary/aromatic N) is 3. The highest BCUT2D eigenvalue weighted by atomic mass is 32.2. The Labute approximate surface area is 198 Å². The second kappa shape index (κ2) is 9.59. The molecule has 1 aromatic carbocycles. The fourth-order valence-corrected chi connectivity index (χ4v) is 4.23. The first kappa shape index (κ1) is 24.8. The molecule has 2 aromatic rings. The molecule has 0 saturated carbocycles. The number of amides is 1. The van der Waals surface area contributed by atoms with Gasteiger partial charge in [-0.15, -0.1) is 11.8 Å². The molecule has 1 aliphatic rings. The van der Waals surface area contributed by atoms with E-state index in [1.807, 2.05) is 34.9 Å². The summed E-state index contributed by atoms with van der Waals surface area (Å²) in [6.45, 7) is 10.9. The van der Waals surface area contributed by atoms with Crippen LogP contribution >= 0.6 is 11.8 Å². The zero-order valence-electron chi connectivity index (χ0n) is 20.0. The lowest BCUT2D eigenvalue weighted by atomic mass is 10.0. The van der Waals surface area contributed by atoms with Crippen LogP contribution in [0.3, 0.4) is 0 Å². The van der Waals surface area contributed by atoms with Crippen LogP contribution in [0.15, 0.2) is 41.6 Å². The number of ether oxygens (including phenoxy) is 2. The number of aromatic nitrogens is 2. The van der Waals surface area contributed by atoms with Gasteiger partial charge in [-0.25, -0.2) is 14.6 Å². The number of carbonyl (C=O) groups excluding carboxylic acids is 3. The van der Waals surface area contributed by atoms with E-state index in [-0.39, 0.29) is 12.2 Å². The van der Waals surface area contributed by atoms with Gasteiger partial charge in [0.1, 0.15) is 16.9 Å². The lowest BCUT2D eigenvalue weighted by molar-refractivity contribution is -0.159. The van der Waals surface area contributed by atoms with Gasteiger partial charge in [0.15, 0.2) is 6.04 Å². The molecule has 0 N–H and O–H groups in total. The van der Waals surface area contributed by atoms with Crippen LogP contribution in [-0.4, -0.2) is 55.3 Å². The van der Waals surface area contributed by atoms with E-state index in [9.17, 15) is 14.4 Å². The van der Waals surface area contributed by atoms with E-state index in [1.165, 1.54) is 0 Å². The third kappa shape index (κ3) is 6.37. The van der Waals surface area contributed by atoms with E-state index in [1.54, 1.807) is 59.6 Å². The zero-order valence-corrected chi connectivity index (χ0v) is 20.8. The normalized spacial score (nSPS) is 16.4. The third-order valence-corrected chi connectivity index (χ3v) is 5.65. The highest BCUT2D eigenvalue weighted by Crippen LogP contribution is 2.27. The summed E-state index contributed by atoms with van der Waals surface area (Å²) in [4.78, 5) is 45.8. The van der Waals surface area contributed by atoms with Crippen molar-refractivity contribution in [1.82, 2.24) is 14.5 Å². The Morgan fingerprint density at radius 2 is 1.70 bits per heavy atom. The fourth-order valence-electron chi connectivity index (χ4n) is 3.36. The number of fused-ring (bicyclic) bond motifs is 1. The summed E-state index contributed by atoms with van der Waals surface area (Å²) < 4.78 is 12.8. The minimum Gasteiger partial charge on any atom is -0.458 e. The summed E-state index contributed by atoms with van der Waals surface area (Å²) in [5.74, 6) is -0.604. The Morgan fingerprint density at radius 3 is 2.30 bits per heavy atom. The Hall–Kier alpha value is -2.81. The van der Waals surface area contributed by atoms with E-state index < -0.39 is 35.1 Å². The predicted octanol–water partition coefficient (Wildman–Crippen LogP) is 4.32. The predicted molar refractivity (Wildman–Crippen MR) is 125 cm³/mol. The van der Waals surface area contributed by atoms with Gasteiger partial charge in [-0.2, -0.15) is 0 Å². The number of esters is 1. The molecule has 1 aliphatic heterocycles. The summed E-state index contributed by atoms with van der Waals surface area (Å²) in [5.41, 5.74) is -0.828. The first-order valence-corrected chi connectivity index (χ1v) is 11.8. The second-order valence-corrected chi connectivity index (χ2v) is 11.0. The van der Waals surface area contributed by atoms with E-state index in [2.05, 4.69) is 4.98 Å². The molecular weight excluding hydrogens is 442 g/mol. The Bertz CT molecular complexity index is 1020. The molecule has 0 spiro atoms. The number of rotatable bonds is 5. The average Bonchev–Trinajstić information content (AvgIpc) is 3.09. The van der Waals surface area contributed by atoms with Crippen LogP contribution in [0.2, 0.25) is 0 Å². The van der Waals surface area contributed by atoms with Gasteiger partial charge in [0, 0.05) is 17.2 Å². The van der Waals surface area contributed by atoms with E-state index in [0.717, 1.165) is 15.5 Å². The number of hydrogen-bond acceptors (Lipinski definition) is 7. The van der Waals surface area contributed by atoms with Gasteiger partial charge < -0.3 is 14.0 Å². The van der Waals surface area contributed by atoms with Crippen molar-refractivity contribution in [3.05, 3.63) is 48.0 Å². The van der Waals surface area contributed by atoms with Crippen LogP contribution in [0.5, 0.6) is 0 Å². The van der Waals surface area contributed by atoms with Crippen molar-refractivity contribution in [1.29, 1.82) is 0 Å².